The highest BCUT2D eigenvalue weighted by molar-refractivity contribution is 7.79. The van der Waals surface area contributed by atoms with Crippen LogP contribution in [0.4, 0.5) is 0 Å². The third-order valence-corrected chi connectivity index (χ3v) is 5.35. The van der Waals surface area contributed by atoms with Gasteiger partial charge < -0.3 is 0 Å². The minimum Gasteiger partial charge on any atom is -0.176 e. The van der Waals surface area contributed by atoms with Crippen LogP contribution in [0, 0.1) is 6.07 Å². The predicted octanol–water partition coefficient (Wildman–Crippen LogP) is 3.24. The van der Waals surface area contributed by atoms with Gasteiger partial charge in [-0.25, -0.2) is 0 Å². The maximum absolute atomic E-state index is 3.39. The molecule has 0 amide bonds. The molecule has 19 heavy (non-hydrogen) atoms. The van der Waals surface area contributed by atoms with Crippen LogP contribution in [0.5, 0.6) is 0 Å². The van der Waals surface area contributed by atoms with Crippen molar-refractivity contribution in [2.75, 3.05) is 0 Å². The Morgan fingerprint density at radius 2 is 1.11 bits per heavy atom. The Balaban J connectivity index is 2.12. The zero-order valence-electron chi connectivity index (χ0n) is 10.5. The fourth-order valence-electron chi connectivity index (χ4n) is 2.10. The second-order valence-electron chi connectivity index (χ2n) is 4.25. The summed E-state index contributed by atoms with van der Waals surface area (Å²) in [5.41, 5.74) is 0. The monoisotopic (exact) mass is 261 g/mol. The summed E-state index contributed by atoms with van der Waals surface area (Å²) in [5, 5.41) is 4.01. The maximum atomic E-state index is 3.39. The number of hydrogen-bond acceptors (Lipinski definition) is 0. The van der Waals surface area contributed by atoms with Crippen molar-refractivity contribution < 1.29 is 0 Å². The van der Waals surface area contributed by atoms with Crippen LogP contribution < -0.4 is 15.9 Å². The third kappa shape index (κ3) is 2.75. The van der Waals surface area contributed by atoms with Crippen molar-refractivity contribution in [1.29, 1.82) is 0 Å². The van der Waals surface area contributed by atoms with Crippen molar-refractivity contribution in [1.82, 2.24) is 0 Å². The zero-order chi connectivity index (χ0) is 12.9. The minimum absolute atomic E-state index is 0.502. The lowest BCUT2D eigenvalue weighted by atomic mass is 10.4. The van der Waals surface area contributed by atoms with Crippen molar-refractivity contribution in [3.63, 3.8) is 0 Å². The molecule has 0 unspecified atom stereocenters. The summed E-state index contributed by atoms with van der Waals surface area (Å²) < 4.78 is 0. The van der Waals surface area contributed by atoms with Crippen LogP contribution in [0.25, 0.3) is 0 Å². The molecule has 0 atom stereocenters. The molecule has 0 spiro atoms. The van der Waals surface area contributed by atoms with Crippen molar-refractivity contribution in [2.24, 2.45) is 0 Å². The number of benzene rings is 3. The van der Waals surface area contributed by atoms with Crippen molar-refractivity contribution >= 4 is 23.8 Å². The van der Waals surface area contributed by atoms with Crippen molar-refractivity contribution in [3.8, 4) is 0 Å². The van der Waals surface area contributed by atoms with Gasteiger partial charge >= 0.3 is 0 Å². The van der Waals surface area contributed by atoms with Crippen LogP contribution in [-0.4, -0.2) is 0 Å². The Labute approximate surface area is 115 Å². The Morgan fingerprint density at radius 1 is 0.579 bits per heavy atom. The van der Waals surface area contributed by atoms with Crippen LogP contribution in [0.3, 0.4) is 0 Å². The lowest BCUT2D eigenvalue weighted by Gasteiger charge is -2.22. The van der Waals surface area contributed by atoms with Crippen LogP contribution in [0.1, 0.15) is 0 Å². The van der Waals surface area contributed by atoms with Gasteiger partial charge in [-0.3, -0.25) is 0 Å². The molecule has 0 fully saturated rings. The van der Waals surface area contributed by atoms with Crippen LogP contribution >= 0.6 is 7.92 Å². The first kappa shape index (κ1) is 12.1. The molecule has 0 saturated heterocycles. The molecule has 3 aromatic carbocycles. The summed E-state index contributed by atoms with van der Waals surface area (Å²) >= 11 is 0. The standard InChI is InChI=1S/C18H14P/c1-4-10-16(11-5-1)19(17-12-6-2-7-13-17)18-14-8-3-9-15-18/h1-14H/q-1. The molecule has 92 valence electrons. The van der Waals surface area contributed by atoms with E-state index in [9.17, 15) is 0 Å². The summed E-state index contributed by atoms with van der Waals surface area (Å²) in [4.78, 5) is 0. The van der Waals surface area contributed by atoms with E-state index in [-0.39, 0.29) is 0 Å². The van der Waals surface area contributed by atoms with Crippen LogP contribution in [0.15, 0.2) is 84.9 Å². The van der Waals surface area contributed by atoms with E-state index in [0.29, 0.717) is 0 Å². The molecule has 1 heteroatoms. The van der Waals surface area contributed by atoms with Gasteiger partial charge in [-0.15, -0.1) is 5.30 Å². The van der Waals surface area contributed by atoms with Crippen LogP contribution in [-0.2, 0) is 0 Å². The van der Waals surface area contributed by atoms with E-state index >= 15 is 0 Å². The van der Waals surface area contributed by atoms with Gasteiger partial charge in [0.05, 0.1) is 0 Å². The zero-order valence-corrected chi connectivity index (χ0v) is 11.4. The highest BCUT2D eigenvalue weighted by Crippen LogP contribution is 2.31. The summed E-state index contributed by atoms with van der Waals surface area (Å²) in [6.07, 6.45) is 0. The molecule has 0 aliphatic carbocycles. The molecule has 0 N–H and O–H groups in total. The molecular weight excluding hydrogens is 247 g/mol. The molecule has 0 radical (unpaired) electrons. The second-order valence-corrected chi connectivity index (χ2v) is 6.44. The molecule has 0 heterocycles. The Morgan fingerprint density at radius 3 is 1.58 bits per heavy atom. The third-order valence-electron chi connectivity index (χ3n) is 2.96. The van der Waals surface area contributed by atoms with E-state index in [2.05, 4.69) is 78.9 Å². The molecular formula is C18H14P-. The lowest BCUT2D eigenvalue weighted by molar-refractivity contribution is 1.73. The molecule has 0 bridgehead atoms. The van der Waals surface area contributed by atoms with E-state index in [0.717, 1.165) is 0 Å². The molecule has 3 aromatic rings. The average molecular weight is 261 g/mol. The van der Waals surface area contributed by atoms with Gasteiger partial charge in [0.1, 0.15) is 0 Å². The number of hydrogen-bond donors (Lipinski definition) is 0. The molecule has 0 aromatic heterocycles. The van der Waals surface area contributed by atoms with Crippen molar-refractivity contribution in [3.05, 3.63) is 91.0 Å². The summed E-state index contributed by atoms with van der Waals surface area (Å²) in [6, 6.07) is 33.1. The average Bonchev–Trinajstić information content (AvgIpc) is 2.51. The van der Waals surface area contributed by atoms with Crippen LogP contribution in [0.2, 0.25) is 0 Å². The number of rotatable bonds is 3. The van der Waals surface area contributed by atoms with Gasteiger partial charge in [-0.1, -0.05) is 60.7 Å². The summed E-state index contributed by atoms with van der Waals surface area (Å²) in [5.74, 6) is 0. The SMILES string of the molecule is [c-]1ccccc1P(c1ccccc1)c1ccccc1. The first-order valence-corrected chi connectivity index (χ1v) is 7.66. The molecule has 0 aliphatic heterocycles. The van der Waals surface area contributed by atoms with E-state index in [1.165, 1.54) is 15.9 Å². The van der Waals surface area contributed by atoms with E-state index in [1.54, 1.807) is 0 Å². The minimum atomic E-state index is -0.502. The van der Waals surface area contributed by atoms with E-state index in [1.807, 2.05) is 12.1 Å². The first-order chi connectivity index (χ1) is 9.45. The van der Waals surface area contributed by atoms with E-state index < -0.39 is 7.92 Å². The fourth-order valence-corrected chi connectivity index (χ4v) is 4.34. The maximum Gasteiger partial charge on any atom is -0.0171 e. The molecule has 0 aliphatic rings. The van der Waals surface area contributed by atoms with E-state index in [4.69, 9.17) is 0 Å². The largest absolute Gasteiger partial charge is 0.176 e. The van der Waals surface area contributed by atoms with Crippen molar-refractivity contribution in [2.45, 2.75) is 0 Å². The predicted molar refractivity (Wildman–Crippen MR) is 84.0 cm³/mol. The highest BCUT2D eigenvalue weighted by Gasteiger charge is 2.11. The van der Waals surface area contributed by atoms with Gasteiger partial charge in [0.25, 0.3) is 0 Å². The smallest absolute Gasteiger partial charge is 0.0171 e. The second kappa shape index (κ2) is 5.82. The van der Waals surface area contributed by atoms with Gasteiger partial charge in [0.15, 0.2) is 0 Å². The molecule has 0 saturated carbocycles. The van der Waals surface area contributed by atoms with Gasteiger partial charge in [0, 0.05) is 0 Å². The Hall–Kier alpha value is -1.91. The fraction of sp³-hybridized carbons (Fsp3) is 0. The summed E-state index contributed by atoms with van der Waals surface area (Å²) in [6.45, 7) is 0. The highest BCUT2D eigenvalue weighted by atomic mass is 31.1. The lowest BCUT2D eigenvalue weighted by Crippen LogP contribution is -2.20. The first-order valence-electron chi connectivity index (χ1n) is 6.32. The van der Waals surface area contributed by atoms with Gasteiger partial charge in [-0.2, -0.15) is 30.3 Å². The normalized spacial score (nSPS) is 10.6. The quantitative estimate of drug-likeness (QED) is 0.501. The Kier molecular flexibility index (Phi) is 3.72. The Bertz CT molecular complexity index is 524. The topological polar surface area (TPSA) is 0 Å². The summed E-state index contributed by atoms with van der Waals surface area (Å²) in [7, 11) is -0.502. The van der Waals surface area contributed by atoms with Gasteiger partial charge in [0.2, 0.25) is 0 Å². The van der Waals surface area contributed by atoms with Gasteiger partial charge in [-0.05, 0) is 18.5 Å². The molecule has 3 rings (SSSR count). The molecule has 0 nitrogen and oxygen atoms in total.